The normalized spacial score (nSPS) is 21.7. The molecule has 1 unspecified atom stereocenters. The minimum absolute atomic E-state index is 0.585. The van der Waals surface area contributed by atoms with Gasteiger partial charge in [0.1, 0.15) is 5.76 Å². The molecule has 0 aromatic carbocycles. The second kappa shape index (κ2) is 6.73. The van der Waals surface area contributed by atoms with Crippen molar-refractivity contribution in [2.24, 2.45) is 5.92 Å². The number of nitrogens with zero attached hydrogens (tertiary/aromatic N) is 1. The molecular formula is C14H23BrN2O. The van der Waals surface area contributed by atoms with Gasteiger partial charge >= 0.3 is 0 Å². The van der Waals surface area contributed by atoms with Crippen LogP contribution < -0.4 is 5.32 Å². The molecule has 1 N–H and O–H groups in total. The summed E-state index contributed by atoms with van der Waals surface area (Å²) in [6.45, 7) is 8.86. The van der Waals surface area contributed by atoms with E-state index in [0.717, 1.165) is 29.4 Å². The van der Waals surface area contributed by atoms with E-state index in [1.807, 2.05) is 6.07 Å². The molecule has 1 atom stereocenters. The van der Waals surface area contributed by atoms with Gasteiger partial charge in [0.2, 0.25) is 0 Å². The fraction of sp³-hybridized carbons (Fsp3) is 0.714. The molecular weight excluding hydrogens is 292 g/mol. The second-order valence-corrected chi connectivity index (χ2v) is 6.29. The first-order valence-corrected chi connectivity index (χ1v) is 7.62. The maximum Gasteiger partial charge on any atom is 0.169 e. The van der Waals surface area contributed by atoms with Crippen molar-refractivity contribution in [2.75, 3.05) is 19.6 Å². The molecule has 2 heterocycles. The van der Waals surface area contributed by atoms with Crippen molar-refractivity contribution < 1.29 is 4.42 Å². The van der Waals surface area contributed by atoms with Crippen LogP contribution in [0.5, 0.6) is 0 Å². The Bertz CT molecular complexity index is 364. The Morgan fingerprint density at radius 2 is 2.33 bits per heavy atom. The number of hydrogen-bond acceptors (Lipinski definition) is 3. The van der Waals surface area contributed by atoms with E-state index in [1.54, 1.807) is 0 Å². The molecule has 0 spiro atoms. The van der Waals surface area contributed by atoms with Crippen LogP contribution in [0.15, 0.2) is 21.2 Å². The minimum Gasteiger partial charge on any atom is -0.453 e. The Labute approximate surface area is 118 Å². The van der Waals surface area contributed by atoms with Crippen LogP contribution >= 0.6 is 15.9 Å². The third-order valence-corrected chi connectivity index (χ3v) is 3.85. The van der Waals surface area contributed by atoms with Gasteiger partial charge in [-0.1, -0.05) is 13.8 Å². The summed E-state index contributed by atoms with van der Waals surface area (Å²) < 4.78 is 6.41. The minimum atomic E-state index is 0.585. The number of piperidine rings is 1. The summed E-state index contributed by atoms with van der Waals surface area (Å²) in [6, 6.07) is 4.61. The molecule has 1 saturated heterocycles. The van der Waals surface area contributed by atoms with Gasteiger partial charge in [-0.05, 0) is 59.9 Å². The molecule has 1 fully saturated rings. The van der Waals surface area contributed by atoms with Crippen LogP contribution in [0.3, 0.4) is 0 Å². The van der Waals surface area contributed by atoms with Crippen LogP contribution in [0.2, 0.25) is 0 Å². The first-order chi connectivity index (χ1) is 8.63. The quantitative estimate of drug-likeness (QED) is 0.904. The molecule has 0 radical (unpaired) electrons. The number of halogens is 1. The first kappa shape index (κ1) is 14.1. The van der Waals surface area contributed by atoms with E-state index in [4.69, 9.17) is 4.42 Å². The molecule has 2 rings (SSSR count). The number of hydrogen-bond donors (Lipinski definition) is 1. The highest BCUT2D eigenvalue weighted by Gasteiger charge is 2.20. The lowest BCUT2D eigenvalue weighted by molar-refractivity contribution is 0.153. The van der Waals surface area contributed by atoms with Crippen LogP contribution in [-0.2, 0) is 6.54 Å². The zero-order chi connectivity index (χ0) is 13.0. The van der Waals surface area contributed by atoms with Crippen molar-refractivity contribution in [3.8, 4) is 0 Å². The van der Waals surface area contributed by atoms with Gasteiger partial charge in [-0.3, -0.25) is 4.90 Å². The highest BCUT2D eigenvalue weighted by atomic mass is 79.9. The monoisotopic (exact) mass is 314 g/mol. The van der Waals surface area contributed by atoms with E-state index >= 15 is 0 Å². The summed E-state index contributed by atoms with van der Waals surface area (Å²) in [5.74, 6) is 1.83. The molecule has 0 bridgehead atoms. The van der Waals surface area contributed by atoms with Gasteiger partial charge in [0, 0.05) is 12.6 Å². The van der Waals surface area contributed by atoms with Crippen molar-refractivity contribution in [2.45, 2.75) is 39.3 Å². The number of furan rings is 1. The molecule has 1 aliphatic rings. The van der Waals surface area contributed by atoms with Crippen LogP contribution in [0.25, 0.3) is 0 Å². The van der Waals surface area contributed by atoms with Gasteiger partial charge in [0.05, 0.1) is 6.54 Å². The zero-order valence-corrected chi connectivity index (χ0v) is 12.9. The SMILES string of the molecule is CC(C)NCC1CCCN(Cc2ccc(Br)o2)C1. The van der Waals surface area contributed by atoms with Crippen LogP contribution in [0, 0.1) is 5.92 Å². The molecule has 1 aliphatic heterocycles. The van der Waals surface area contributed by atoms with Crippen molar-refractivity contribution >= 4 is 15.9 Å². The topological polar surface area (TPSA) is 28.4 Å². The highest BCUT2D eigenvalue weighted by Crippen LogP contribution is 2.20. The first-order valence-electron chi connectivity index (χ1n) is 6.83. The van der Waals surface area contributed by atoms with E-state index in [0.29, 0.717) is 6.04 Å². The lowest BCUT2D eigenvalue weighted by atomic mass is 9.97. The summed E-state index contributed by atoms with van der Waals surface area (Å²) >= 11 is 3.35. The average Bonchev–Trinajstić information content (AvgIpc) is 2.73. The molecule has 102 valence electrons. The lowest BCUT2D eigenvalue weighted by Gasteiger charge is -2.32. The van der Waals surface area contributed by atoms with Crippen LogP contribution in [0.1, 0.15) is 32.4 Å². The second-order valence-electron chi connectivity index (χ2n) is 5.51. The standard InChI is InChI=1S/C14H23BrN2O/c1-11(2)16-8-12-4-3-7-17(9-12)10-13-5-6-14(15)18-13/h5-6,11-12,16H,3-4,7-10H2,1-2H3. The van der Waals surface area contributed by atoms with Gasteiger partial charge in [-0.2, -0.15) is 0 Å². The number of likely N-dealkylation sites (tertiary alicyclic amines) is 1. The molecule has 18 heavy (non-hydrogen) atoms. The predicted octanol–water partition coefficient (Wildman–Crippen LogP) is 3.25. The van der Waals surface area contributed by atoms with Gasteiger partial charge in [-0.25, -0.2) is 0 Å². The van der Waals surface area contributed by atoms with Gasteiger partial charge in [0.15, 0.2) is 4.67 Å². The van der Waals surface area contributed by atoms with Crippen molar-refractivity contribution in [1.29, 1.82) is 0 Å². The van der Waals surface area contributed by atoms with Crippen molar-refractivity contribution in [3.63, 3.8) is 0 Å². The molecule has 0 amide bonds. The van der Waals surface area contributed by atoms with Crippen LogP contribution in [0.4, 0.5) is 0 Å². The van der Waals surface area contributed by atoms with Gasteiger partial charge < -0.3 is 9.73 Å². The average molecular weight is 315 g/mol. The van der Waals surface area contributed by atoms with E-state index in [-0.39, 0.29) is 0 Å². The largest absolute Gasteiger partial charge is 0.453 e. The Morgan fingerprint density at radius 3 is 3.00 bits per heavy atom. The summed E-state index contributed by atoms with van der Waals surface area (Å²) in [7, 11) is 0. The third kappa shape index (κ3) is 4.41. The maximum absolute atomic E-state index is 5.58. The zero-order valence-electron chi connectivity index (χ0n) is 11.3. The fourth-order valence-corrected chi connectivity index (χ4v) is 2.86. The van der Waals surface area contributed by atoms with Crippen molar-refractivity contribution in [1.82, 2.24) is 10.2 Å². The number of nitrogens with one attached hydrogen (secondary N) is 1. The van der Waals surface area contributed by atoms with E-state index in [9.17, 15) is 0 Å². The Morgan fingerprint density at radius 1 is 1.50 bits per heavy atom. The maximum atomic E-state index is 5.58. The van der Waals surface area contributed by atoms with Crippen LogP contribution in [-0.4, -0.2) is 30.6 Å². The fourth-order valence-electron chi connectivity index (χ4n) is 2.52. The van der Waals surface area contributed by atoms with Gasteiger partial charge in [-0.15, -0.1) is 0 Å². The summed E-state index contributed by atoms with van der Waals surface area (Å²) in [5, 5.41) is 3.55. The van der Waals surface area contributed by atoms with E-state index in [2.05, 4.69) is 46.1 Å². The highest BCUT2D eigenvalue weighted by molar-refractivity contribution is 9.10. The summed E-state index contributed by atoms with van der Waals surface area (Å²) in [4.78, 5) is 2.50. The summed E-state index contributed by atoms with van der Waals surface area (Å²) in [6.07, 6.45) is 2.64. The molecule has 3 nitrogen and oxygen atoms in total. The molecule has 4 heteroatoms. The Balaban J connectivity index is 1.79. The predicted molar refractivity (Wildman–Crippen MR) is 77.5 cm³/mol. The summed E-state index contributed by atoms with van der Waals surface area (Å²) in [5.41, 5.74) is 0. The van der Waals surface area contributed by atoms with E-state index < -0.39 is 0 Å². The van der Waals surface area contributed by atoms with E-state index in [1.165, 1.54) is 25.9 Å². The molecule has 1 aromatic rings. The molecule has 1 aromatic heterocycles. The Hall–Kier alpha value is -0.320. The van der Waals surface area contributed by atoms with Gasteiger partial charge in [0.25, 0.3) is 0 Å². The van der Waals surface area contributed by atoms with Crippen molar-refractivity contribution in [3.05, 3.63) is 22.6 Å². The molecule has 0 aliphatic carbocycles. The molecule has 0 saturated carbocycles. The third-order valence-electron chi connectivity index (χ3n) is 3.43. The lowest BCUT2D eigenvalue weighted by Crippen LogP contribution is -2.40. The Kier molecular flexibility index (Phi) is 5.27. The number of rotatable bonds is 5. The smallest absolute Gasteiger partial charge is 0.169 e.